The summed E-state index contributed by atoms with van der Waals surface area (Å²) in [6.07, 6.45) is -0.789. The Labute approximate surface area is 173 Å². The molecule has 1 heterocycles. The summed E-state index contributed by atoms with van der Waals surface area (Å²) < 4.78 is 17.1. The number of carbonyl (C=O) groups is 2. The molecule has 0 saturated carbocycles. The van der Waals surface area contributed by atoms with E-state index in [0.29, 0.717) is 28.3 Å². The van der Waals surface area contributed by atoms with Crippen molar-refractivity contribution in [2.75, 3.05) is 12.4 Å². The van der Waals surface area contributed by atoms with Gasteiger partial charge in [0.05, 0.1) is 12.8 Å². The highest BCUT2D eigenvalue weighted by molar-refractivity contribution is 6.08. The number of furan rings is 1. The fraction of sp³-hybridized carbons (Fsp3) is 0.167. The molecule has 1 unspecified atom stereocenters. The summed E-state index contributed by atoms with van der Waals surface area (Å²) in [5.41, 5.74) is 2.43. The number of fused-ring (bicyclic) bond motifs is 3. The molecule has 0 spiro atoms. The third kappa shape index (κ3) is 3.72. The zero-order valence-corrected chi connectivity index (χ0v) is 16.9. The van der Waals surface area contributed by atoms with E-state index in [2.05, 4.69) is 5.32 Å². The Morgan fingerprint density at radius 2 is 1.77 bits per heavy atom. The fourth-order valence-corrected chi connectivity index (χ4v) is 3.30. The van der Waals surface area contributed by atoms with E-state index in [0.717, 1.165) is 16.4 Å². The number of rotatable bonds is 6. The van der Waals surface area contributed by atoms with Crippen molar-refractivity contribution in [3.63, 3.8) is 0 Å². The lowest BCUT2D eigenvalue weighted by Gasteiger charge is -2.16. The van der Waals surface area contributed by atoms with Crippen LogP contribution in [0.25, 0.3) is 21.9 Å². The summed E-state index contributed by atoms with van der Waals surface area (Å²) in [5.74, 6) is 0.552. The Kier molecular flexibility index (Phi) is 5.14. The highest BCUT2D eigenvalue weighted by Crippen LogP contribution is 2.36. The summed E-state index contributed by atoms with van der Waals surface area (Å²) >= 11 is 0. The molecule has 1 N–H and O–H groups in total. The number of Topliss-reactive ketones (excluding diaryl/α,β-unsaturated/α-hetero) is 1. The van der Waals surface area contributed by atoms with Crippen LogP contribution >= 0.6 is 0 Å². The number of hydrogen-bond acceptors (Lipinski definition) is 5. The van der Waals surface area contributed by atoms with Crippen molar-refractivity contribution < 1.29 is 23.5 Å². The highest BCUT2D eigenvalue weighted by atomic mass is 16.5. The molecule has 152 valence electrons. The van der Waals surface area contributed by atoms with E-state index in [1.54, 1.807) is 44.4 Å². The normalized spacial score (nSPS) is 12.0. The molecule has 4 rings (SSSR count). The maximum atomic E-state index is 12.7. The molecule has 4 aromatic rings. The van der Waals surface area contributed by atoms with E-state index in [-0.39, 0.29) is 11.7 Å². The predicted molar refractivity (Wildman–Crippen MR) is 115 cm³/mol. The minimum Gasteiger partial charge on any atom is -0.495 e. The van der Waals surface area contributed by atoms with Gasteiger partial charge in [-0.15, -0.1) is 0 Å². The van der Waals surface area contributed by atoms with E-state index in [1.165, 1.54) is 6.92 Å². The van der Waals surface area contributed by atoms with Gasteiger partial charge in [-0.3, -0.25) is 9.59 Å². The third-order valence-corrected chi connectivity index (χ3v) is 4.88. The molecule has 6 nitrogen and oxygen atoms in total. The van der Waals surface area contributed by atoms with Gasteiger partial charge in [0.15, 0.2) is 11.9 Å². The maximum absolute atomic E-state index is 12.7. The van der Waals surface area contributed by atoms with Gasteiger partial charge in [0.1, 0.15) is 22.7 Å². The van der Waals surface area contributed by atoms with Gasteiger partial charge in [-0.1, -0.05) is 30.3 Å². The third-order valence-electron chi connectivity index (χ3n) is 4.88. The van der Waals surface area contributed by atoms with Crippen LogP contribution in [0.4, 0.5) is 5.69 Å². The molecular formula is C24H21NO5. The summed E-state index contributed by atoms with van der Waals surface area (Å²) in [4.78, 5) is 24.3. The van der Waals surface area contributed by atoms with Crippen LogP contribution in [0.3, 0.4) is 0 Å². The van der Waals surface area contributed by atoms with Crippen molar-refractivity contribution in [2.24, 2.45) is 0 Å². The molecule has 3 aromatic carbocycles. The van der Waals surface area contributed by atoms with Gasteiger partial charge >= 0.3 is 0 Å². The van der Waals surface area contributed by atoms with E-state index in [9.17, 15) is 9.59 Å². The Bertz CT molecular complexity index is 1260. The van der Waals surface area contributed by atoms with Crippen molar-refractivity contribution >= 4 is 39.3 Å². The van der Waals surface area contributed by atoms with Crippen LogP contribution in [0.1, 0.15) is 24.2 Å². The molecule has 1 atom stereocenters. The molecule has 1 amide bonds. The number of amides is 1. The largest absolute Gasteiger partial charge is 0.495 e. The molecule has 0 saturated heterocycles. The quantitative estimate of drug-likeness (QED) is 0.448. The van der Waals surface area contributed by atoms with Crippen molar-refractivity contribution in [1.29, 1.82) is 0 Å². The zero-order chi connectivity index (χ0) is 21.3. The smallest absolute Gasteiger partial charge is 0.265 e. The van der Waals surface area contributed by atoms with Crippen LogP contribution < -0.4 is 14.8 Å². The number of hydrogen-bond donors (Lipinski definition) is 1. The highest BCUT2D eigenvalue weighted by Gasteiger charge is 2.19. The lowest BCUT2D eigenvalue weighted by Crippen LogP contribution is -2.30. The fourth-order valence-electron chi connectivity index (χ4n) is 3.30. The van der Waals surface area contributed by atoms with Crippen LogP contribution in [0.2, 0.25) is 0 Å². The second-order valence-electron chi connectivity index (χ2n) is 6.98. The summed E-state index contributed by atoms with van der Waals surface area (Å²) in [5, 5.41) is 4.73. The SMILES string of the molecule is COc1cc2c(cc1NC(=O)C(C)Oc1cccc(C(C)=O)c1)oc1ccccc12. The van der Waals surface area contributed by atoms with Crippen LogP contribution in [-0.2, 0) is 4.79 Å². The van der Waals surface area contributed by atoms with E-state index < -0.39 is 6.10 Å². The predicted octanol–water partition coefficient (Wildman–Crippen LogP) is 5.20. The monoisotopic (exact) mass is 403 g/mol. The van der Waals surface area contributed by atoms with Crippen molar-refractivity contribution in [2.45, 2.75) is 20.0 Å². The number of para-hydroxylation sites is 1. The van der Waals surface area contributed by atoms with Crippen molar-refractivity contribution in [1.82, 2.24) is 0 Å². The average Bonchev–Trinajstić information content (AvgIpc) is 3.10. The maximum Gasteiger partial charge on any atom is 0.265 e. The molecule has 0 radical (unpaired) electrons. The van der Waals surface area contributed by atoms with Gasteiger partial charge < -0.3 is 19.2 Å². The number of carbonyl (C=O) groups excluding carboxylic acids is 2. The van der Waals surface area contributed by atoms with Gasteiger partial charge in [-0.05, 0) is 38.1 Å². The van der Waals surface area contributed by atoms with Gasteiger partial charge in [0.2, 0.25) is 0 Å². The van der Waals surface area contributed by atoms with E-state index in [4.69, 9.17) is 13.9 Å². The number of ether oxygens (including phenoxy) is 2. The minimum absolute atomic E-state index is 0.0681. The van der Waals surface area contributed by atoms with Crippen molar-refractivity contribution in [3.05, 3.63) is 66.2 Å². The van der Waals surface area contributed by atoms with Gasteiger partial charge in [-0.25, -0.2) is 0 Å². The van der Waals surface area contributed by atoms with Gasteiger partial charge in [0, 0.05) is 22.4 Å². The molecule has 0 aliphatic heterocycles. The van der Waals surface area contributed by atoms with E-state index >= 15 is 0 Å². The number of ketones is 1. The first-order valence-corrected chi connectivity index (χ1v) is 9.54. The first kappa shape index (κ1) is 19.5. The van der Waals surface area contributed by atoms with Crippen LogP contribution in [0.5, 0.6) is 11.5 Å². The van der Waals surface area contributed by atoms with Crippen LogP contribution in [0, 0.1) is 0 Å². The zero-order valence-electron chi connectivity index (χ0n) is 16.9. The molecule has 30 heavy (non-hydrogen) atoms. The van der Waals surface area contributed by atoms with Gasteiger partial charge in [-0.2, -0.15) is 0 Å². The molecule has 1 aromatic heterocycles. The van der Waals surface area contributed by atoms with Crippen LogP contribution in [-0.4, -0.2) is 24.9 Å². The Hall–Kier alpha value is -3.80. The van der Waals surface area contributed by atoms with Crippen molar-refractivity contribution in [3.8, 4) is 11.5 Å². The van der Waals surface area contributed by atoms with E-state index in [1.807, 2.05) is 30.3 Å². The Morgan fingerprint density at radius 3 is 2.53 bits per heavy atom. The summed E-state index contributed by atoms with van der Waals surface area (Å²) in [6, 6.07) is 18.1. The Morgan fingerprint density at radius 1 is 0.967 bits per heavy atom. The molecule has 0 aliphatic rings. The second-order valence-corrected chi connectivity index (χ2v) is 6.98. The standard InChI is InChI=1S/C24H21NO5/c1-14(26)16-7-6-8-17(11-16)29-15(2)24(27)25-20-13-22-19(12-23(20)28-3)18-9-4-5-10-21(18)30-22/h4-13,15H,1-3H3,(H,25,27). The summed E-state index contributed by atoms with van der Waals surface area (Å²) in [6.45, 7) is 3.12. The molecule has 0 bridgehead atoms. The molecular weight excluding hydrogens is 382 g/mol. The first-order valence-electron chi connectivity index (χ1n) is 9.54. The van der Waals surface area contributed by atoms with Crippen LogP contribution in [0.15, 0.2) is 65.1 Å². The number of benzene rings is 3. The second kappa shape index (κ2) is 7.91. The lowest BCUT2D eigenvalue weighted by atomic mass is 10.1. The first-order chi connectivity index (χ1) is 14.5. The topological polar surface area (TPSA) is 77.8 Å². The number of nitrogens with one attached hydrogen (secondary N) is 1. The lowest BCUT2D eigenvalue weighted by molar-refractivity contribution is -0.122. The molecule has 0 aliphatic carbocycles. The number of methoxy groups -OCH3 is 1. The Balaban J connectivity index is 1.58. The van der Waals surface area contributed by atoms with Gasteiger partial charge in [0.25, 0.3) is 5.91 Å². The molecule has 6 heteroatoms. The average molecular weight is 403 g/mol. The molecule has 0 fully saturated rings. The summed E-state index contributed by atoms with van der Waals surface area (Å²) in [7, 11) is 1.55. The minimum atomic E-state index is -0.789. The number of anilines is 1.